The second-order valence-electron chi connectivity index (χ2n) is 9.09. The van der Waals surface area contributed by atoms with Crippen LogP contribution >= 0.6 is 0 Å². The first-order chi connectivity index (χ1) is 16.3. The highest BCUT2D eigenvalue weighted by Gasteiger charge is 2.42. The fraction of sp³-hybridized carbons (Fsp3) is 0.179. The molecule has 0 spiro atoms. The van der Waals surface area contributed by atoms with Gasteiger partial charge in [-0.1, -0.05) is 56.3 Å². The summed E-state index contributed by atoms with van der Waals surface area (Å²) in [4.78, 5) is 15.0. The molecule has 2 heterocycles. The van der Waals surface area contributed by atoms with E-state index in [1.54, 1.807) is 24.3 Å². The highest BCUT2D eigenvalue weighted by Crippen LogP contribution is 2.51. The summed E-state index contributed by atoms with van der Waals surface area (Å²) in [6, 6.07) is 22.8. The first-order valence-corrected chi connectivity index (χ1v) is 12.7. The zero-order chi connectivity index (χ0) is 24.1. The van der Waals surface area contributed by atoms with Crippen molar-refractivity contribution in [1.29, 1.82) is 0 Å². The van der Waals surface area contributed by atoms with E-state index in [4.69, 9.17) is 0 Å². The number of rotatable bonds is 4. The first-order valence-electron chi connectivity index (χ1n) is 11.2. The van der Waals surface area contributed by atoms with Gasteiger partial charge in [0, 0.05) is 34.6 Å². The Morgan fingerprint density at radius 1 is 0.941 bits per heavy atom. The molecule has 0 saturated heterocycles. The number of nitrogens with zero attached hydrogens (tertiary/aromatic N) is 1. The van der Waals surface area contributed by atoms with Crippen molar-refractivity contribution in [3.8, 4) is 0 Å². The number of Topliss-reactive ketones (excluding diaryl/α,β-unsaturated/α-hetero) is 1. The Morgan fingerprint density at radius 2 is 1.65 bits per heavy atom. The maximum absolute atomic E-state index is 13.1. The van der Waals surface area contributed by atoms with Gasteiger partial charge in [0.05, 0.1) is 4.90 Å². The highest BCUT2D eigenvalue weighted by molar-refractivity contribution is 7.97. The van der Waals surface area contributed by atoms with Gasteiger partial charge in [0.15, 0.2) is 0 Å². The third-order valence-corrected chi connectivity index (χ3v) is 8.41. The number of hydrogen-bond acceptors (Lipinski definition) is 5. The molecule has 172 valence electrons. The molecule has 0 aromatic heterocycles. The average molecular weight is 471 g/mol. The Bertz CT molecular complexity index is 1470. The van der Waals surface area contributed by atoms with Crippen LogP contribution in [0.5, 0.6) is 0 Å². The number of fused-ring (bicyclic) bond motifs is 2. The van der Waals surface area contributed by atoms with E-state index in [-0.39, 0.29) is 15.4 Å². The molecule has 0 amide bonds. The zero-order valence-corrected chi connectivity index (χ0v) is 20.2. The molecule has 5 nitrogen and oxygen atoms in total. The maximum Gasteiger partial charge on any atom is 0.211 e. The van der Waals surface area contributed by atoms with E-state index < -0.39 is 21.0 Å². The second kappa shape index (κ2) is 8.08. The molecule has 0 unspecified atom stereocenters. The fourth-order valence-electron chi connectivity index (χ4n) is 4.86. The Labute approximate surface area is 200 Å². The molecule has 1 N–H and O–H groups in total. The monoisotopic (exact) mass is 470 g/mol. The number of ketones is 1. The van der Waals surface area contributed by atoms with Crippen LogP contribution in [0.4, 0.5) is 11.4 Å². The molecule has 3 aromatic carbocycles. The largest absolute Gasteiger partial charge is 0.316 e. The molecular weight excluding hydrogens is 444 g/mol. The topological polar surface area (TPSA) is 66.5 Å². The summed E-state index contributed by atoms with van der Waals surface area (Å²) < 4.78 is 26.2. The standard InChI is InChI=1S/C28H26N2O3S/c1-28(2)22-17-19(18-29-3)13-14-23(22)30(20-9-5-4-6-10-20)26(28)16-15-25-27(31)21-11-7-8-12-24(21)34(25,32)33/h4-17,29H,18H2,1-3H3/b25-15-,26-16+. The maximum atomic E-state index is 13.1. The molecule has 0 atom stereocenters. The molecular formula is C28H26N2O3S. The molecule has 34 heavy (non-hydrogen) atoms. The predicted octanol–water partition coefficient (Wildman–Crippen LogP) is 5.27. The van der Waals surface area contributed by atoms with Gasteiger partial charge in [-0.3, -0.25) is 4.79 Å². The van der Waals surface area contributed by atoms with Crippen molar-refractivity contribution >= 4 is 27.0 Å². The number of carbonyl (C=O) groups excluding carboxylic acids is 1. The third kappa shape index (κ3) is 3.33. The van der Waals surface area contributed by atoms with Gasteiger partial charge < -0.3 is 10.2 Å². The number of sulfone groups is 1. The van der Waals surface area contributed by atoms with E-state index in [1.165, 1.54) is 17.7 Å². The smallest absolute Gasteiger partial charge is 0.211 e. The van der Waals surface area contributed by atoms with Gasteiger partial charge in [-0.05, 0) is 60.7 Å². The van der Waals surface area contributed by atoms with Gasteiger partial charge in [-0.25, -0.2) is 8.42 Å². The quantitative estimate of drug-likeness (QED) is 0.526. The lowest BCUT2D eigenvalue weighted by Gasteiger charge is -2.27. The van der Waals surface area contributed by atoms with Gasteiger partial charge in [0.25, 0.3) is 0 Å². The lowest BCUT2D eigenvalue weighted by atomic mass is 9.83. The Balaban J connectivity index is 1.69. The SMILES string of the molecule is CNCc1ccc2c(c1)C(C)(C)/C(=C\C=C1\C(=O)c3ccccc3S1(=O)=O)N2c1ccccc1. The molecule has 3 aromatic rings. The number of nitrogens with one attached hydrogen (secondary N) is 1. The van der Waals surface area contributed by atoms with Crippen LogP contribution in [0, 0.1) is 0 Å². The molecule has 0 bridgehead atoms. The third-order valence-electron chi connectivity index (χ3n) is 6.58. The number of carbonyl (C=O) groups is 1. The predicted molar refractivity (Wildman–Crippen MR) is 135 cm³/mol. The molecule has 2 aliphatic rings. The van der Waals surface area contributed by atoms with Crippen molar-refractivity contribution in [3.63, 3.8) is 0 Å². The summed E-state index contributed by atoms with van der Waals surface area (Å²) in [7, 11) is -1.93. The Morgan fingerprint density at radius 3 is 2.35 bits per heavy atom. The number of para-hydroxylation sites is 1. The lowest BCUT2D eigenvalue weighted by Crippen LogP contribution is -2.22. The number of anilines is 2. The number of hydrogen-bond donors (Lipinski definition) is 1. The van der Waals surface area contributed by atoms with E-state index in [1.807, 2.05) is 37.4 Å². The van der Waals surface area contributed by atoms with Crippen LogP contribution in [0.25, 0.3) is 0 Å². The molecule has 0 saturated carbocycles. The average Bonchev–Trinajstić information content (AvgIpc) is 3.17. The van der Waals surface area contributed by atoms with Crippen molar-refractivity contribution in [2.75, 3.05) is 11.9 Å². The van der Waals surface area contributed by atoms with Gasteiger partial charge >= 0.3 is 0 Å². The summed E-state index contributed by atoms with van der Waals surface area (Å²) in [6.45, 7) is 5.01. The van der Waals surface area contributed by atoms with Crippen molar-refractivity contribution in [2.24, 2.45) is 0 Å². The van der Waals surface area contributed by atoms with Gasteiger partial charge in [0.1, 0.15) is 4.91 Å². The van der Waals surface area contributed by atoms with E-state index >= 15 is 0 Å². The summed E-state index contributed by atoms with van der Waals surface area (Å²) >= 11 is 0. The molecule has 0 aliphatic carbocycles. The number of allylic oxidation sites excluding steroid dienone is 4. The Hall–Kier alpha value is -3.48. The van der Waals surface area contributed by atoms with Crippen LogP contribution in [-0.4, -0.2) is 21.2 Å². The van der Waals surface area contributed by atoms with E-state index in [0.29, 0.717) is 0 Å². The van der Waals surface area contributed by atoms with Crippen LogP contribution in [0.2, 0.25) is 0 Å². The molecule has 0 radical (unpaired) electrons. The minimum atomic E-state index is -3.85. The van der Waals surface area contributed by atoms with Gasteiger partial charge in [-0.15, -0.1) is 0 Å². The highest BCUT2D eigenvalue weighted by atomic mass is 32.2. The van der Waals surface area contributed by atoms with Crippen LogP contribution in [0.1, 0.15) is 35.3 Å². The van der Waals surface area contributed by atoms with E-state index in [9.17, 15) is 13.2 Å². The van der Waals surface area contributed by atoms with Gasteiger partial charge in [0.2, 0.25) is 15.6 Å². The first kappa shape index (κ1) is 22.3. The second-order valence-corrected chi connectivity index (χ2v) is 11.0. The van der Waals surface area contributed by atoms with Gasteiger partial charge in [-0.2, -0.15) is 0 Å². The van der Waals surface area contributed by atoms with Crippen LogP contribution in [0.3, 0.4) is 0 Å². The zero-order valence-electron chi connectivity index (χ0n) is 19.4. The lowest BCUT2D eigenvalue weighted by molar-refractivity contribution is 0.104. The Kier molecular flexibility index (Phi) is 5.30. The van der Waals surface area contributed by atoms with E-state index in [2.05, 4.69) is 42.3 Å². The van der Waals surface area contributed by atoms with Crippen LogP contribution < -0.4 is 10.2 Å². The summed E-state index contributed by atoms with van der Waals surface area (Å²) in [6.07, 6.45) is 3.27. The van der Waals surface area contributed by atoms with E-state index in [0.717, 1.165) is 29.2 Å². The minimum absolute atomic E-state index is 0.0789. The normalized spacial score (nSPS) is 20.1. The number of benzene rings is 3. The summed E-state index contributed by atoms with van der Waals surface area (Å²) in [5, 5.41) is 3.20. The molecule has 6 heteroatoms. The van der Waals surface area contributed by atoms with Crippen molar-refractivity contribution in [1.82, 2.24) is 5.32 Å². The van der Waals surface area contributed by atoms with Crippen molar-refractivity contribution < 1.29 is 13.2 Å². The van der Waals surface area contributed by atoms with Crippen LogP contribution in [-0.2, 0) is 21.8 Å². The van der Waals surface area contributed by atoms with Crippen molar-refractivity contribution in [3.05, 3.63) is 112 Å². The van der Waals surface area contributed by atoms with Crippen LogP contribution in [0.15, 0.2) is 100 Å². The molecule has 2 aliphatic heterocycles. The molecule has 0 fully saturated rings. The fourth-order valence-corrected chi connectivity index (χ4v) is 6.41. The summed E-state index contributed by atoms with van der Waals surface area (Å²) in [5.74, 6) is -0.455. The summed E-state index contributed by atoms with van der Waals surface area (Å²) in [5.41, 5.74) is 5.07. The van der Waals surface area contributed by atoms with Crippen molar-refractivity contribution in [2.45, 2.75) is 30.7 Å². The molecule has 5 rings (SSSR count). The minimum Gasteiger partial charge on any atom is -0.316 e.